The van der Waals surface area contributed by atoms with Crippen molar-refractivity contribution in [1.29, 1.82) is 0 Å². The van der Waals surface area contributed by atoms with Gasteiger partial charge in [-0.2, -0.15) is 0 Å². The molecule has 1 amide bonds. The number of carbonyl (C=O) groups excluding carboxylic acids is 1. The van der Waals surface area contributed by atoms with Crippen molar-refractivity contribution in [2.75, 3.05) is 0 Å². The van der Waals surface area contributed by atoms with Crippen LogP contribution < -0.4 is 5.32 Å². The quantitative estimate of drug-likeness (QED) is 0.901. The number of nitrogens with zero attached hydrogens (tertiary/aromatic N) is 1. The van der Waals surface area contributed by atoms with E-state index in [0.29, 0.717) is 11.9 Å². The number of nitrogens with one attached hydrogen (secondary N) is 1. The fourth-order valence-corrected chi connectivity index (χ4v) is 4.44. The summed E-state index contributed by atoms with van der Waals surface area (Å²) in [4.78, 5) is 17.5. The van der Waals surface area contributed by atoms with E-state index in [1.54, 1.807) is 0 Å². The van der Waals surface area contributed by atoms with Gasteiger partial charge in [-0.25, -0.2) is 0 Å². The van der Waals surface area contributed by atoms with Gasteiger partial charge in [0.2, 0.25) is 5.91 Å². The van der Waals surface area contributed by atoms with Crippen molar-refractivity contribution < 1.29 is 4.79 Å². The molecule has 1 N–H and O–H groups in total. The molecule has 3 nitrogen and oxygen atoms in total. The maximum atomic E-state index is 12.7. The molecule has 0 aromatic carbocycles. The van der Waals surface area contributed by atoms with Gasteiger partial charge < -0.3 is 4.90 Å². The van der Waals surface area contributed by atoms with Crippen molar-refractivity contribution in [3.05, 3.63) is 21.9 Å². The van der Waals surface area contributed by atoms with Crippen LogP contribution in [0, 0.1) is 12.8 Å². The number of hydrogen-bond acceptors (Lipinski definition) is 3. The average Bonchev–Trinajstić information content (AvgIpc) is 2.91. The normalized spacial score (nSPS) is 35.8. The van der Waals surface area contributed by atoms with Crippen molar-refractivity contribution in [3.8, 4) is 0 Å². The Balaban J connectivity index is 1.66. The fourth-order valence-electron chi connectivity index (χ4n) is 3.51. The molecule has 102 valence electrons. The molecule has 2 saturated carbocycles. The molecule has 1 aromatic heterocycles. The first-order valence-electron chi connectivity index (χ1n) is 7.26. The van der Waals surface area contributed by atoms with Gasteiger partial charge in [-0.05, 0) is 50.7 Å². The lowest BCUT2D eigenvalue weighted by Crippen LogP contribution is -2.47. The summed E-state index contributed by atoms with van der Waals surface area (Å²) in [6.07, 6.45) is 4.51. The maximum Gasteiger partial charge on any atom is 0.244 e. The third-order valence-corrected chi connectivity index (χ3v) is 5.91. The van der Waals surface area contributed by atoms with Gasteiger partial charge in [0, 0.05) is 15.8 Å². The minimum Gasteiger partial charge on any atom is -0.317 e. The molecule has 3 aliphatic rings. The molecule has 1 spiro atoms. The van der Waals surface area contributed by atoms with Crippen molar-refractivity contribution in [2.24, 2.45) is 5.92 Å². The van der Waals surface area contributed by atoms with E-state index < -0.39 is 0 Å². The van der Waals surface area contributed by atoms with Gasteiger partial charge in [0.1, 0.15) is 11.7 Å². The van der Waals surface area contributed by atoms with Gasteiger partial charge in [-0.1, -0.05) is 6.92 Å². The van der Waals surface area contributed by atoms with Gasteiger partial charge in [-0.15, -0.1) is 11.3 Å². The average molecular weight is 276 g/mol. The molecule has 1 aliphatic heterocycles. The van der Waals surface area contributed by atoms with E-state index in [9.17, 15) is 4.79 Å². The molecule has 3 fully saturated rings. The zero-order valence-corrected chi connectivity index (χ0v) is 12.3. The summed E-state index contributed by atoms with van der Waals surface area (Å²) in [5, 5.41) is 3.62. The van der Waals surface area contributed by atoms with Gasteiger partial charge >= 0.3 is 0 Å². The molecule has 1 atom stereocenters. The monoisotopic (exact) mass is 276 g/mol. The zero-order chi connectivity index (χ0) is 13.2. The Kier molecular flexibility index (Phi) is 2.40. The van der Waals surface area contributed by atoms with Crippen molar-refractivity contribution in [2.45, 2.75) is 57.3 Å². The Bertz CT molecular complexity index is 528. The van der Waals surface area contributed by atoms with Crippen LogP contribution in [0.3, 0.4) is 0 Å². The number of rotatable bonds is 2. The molecule has 1 saturated heterocycles. The summed E-state index contributed by atoms with van der Waals surface area (Å²) in [6.45, 7) is 4.41. The summed E-state index contributed by atoms with van der Waals surface area (Å²) in [5.41, 5.74) is -0.193. The van der Waals surface area contributed by atoms with E-state index in [0.717, 1.165) is 18.8 Å². The van der Waals surface area contributed by atoms with Crippen molar-refractivity contribution in [3.63, 3.8) is 0 Å². The van der Waals surface area contributed by atoms with Crippen molar-refractivity contribution in [1.82, 2.24) is 10.2 Å². The summed E-state index contributed by atoms with van der Waals surface area (Å²) in [5.74, 6) is 1.14. The van der Waals surface area contributed by atoms with Crippen LogP contribution in [-0.4, -0.2) is 22.4 Å². The van der Waals surface area contributed by atoms with Crippen LogP contribution in [-0.2, 0) is 4.79 Å². The molecule has 1 unspecified atom stereocenters. The van der Waals surface area contributed by atoms with E-state index in [1.807, 2.05) is 11.3 Å². The number of aryl methyl sites for hydroxylation is 1. The first kappa shape index (κ1) is 11.9. The summed E-state index contributed by atoms with van der Waals surface area (Å²) >= 11 is 1.82. The third-order valence-electron chi connectivity index (χ3n) is 4.86. The molecule has 1 aromatic rings. The predicted octanol–water partition coefficient (Wildman–Crippen LogP) is 2.82. The highest BCUT2D eigenvalue weighted by Crippen LogP contribution is 2.50. The van der Waals surface area contributed by atoms with Gasteiger partial charge in [0.15, 0.2) is 0 Å². The number of thiophene rings is 1. The minimum atomic E-state index is -0.193. The van der Waals surface area contributed by atoms with Crippen LogP contribution in [0.25, 0.3) is 0 Å². The lowest BCUT2D eigenvalue weighted by molar-refractivity contribution is -0.135. The Labute approximate surface area is 118 Å². The molecule has 2 heterocycles. The second kappa shape index (κ2) is 3.83. The van der Waals surface area contributed by atoms with Crippen LogP contribution in [0.2, 0.25) is 0 Å². The smallest absolute Gasteiger partial charge is 0.244 e. The molecular weight excluding hydrogens is 256 g/mol. The Morgan fingerprint density at radius 2 is 2.11 bits per heavy atom. The van der Waals surface area contributed by atoms with Crippen LogP contribution >= 0.6 is 11.3 Å². The third kappa shape index (κ3) is 1.69. The second-order valence-corrected chi connectivity index (χ2v) is 7.84. The zero-order valence-electron chi connectivity index (χ0n) is 11.5. The van der Waals surface area contributed by atoms with Gasteiger partial charge in [0.25, 0.3) is 0 Å². The maximum absolute atomic E-state index is 12.7. The van der Waals surface area contributed by atoms with Gasteiger partial charge in [0.05, 0.1) is 0 Å². The molecule has 2 aliphatic carbocycles. The molecule has 4 heteroatoms. The summed E-state index contributed by atoms with van der Waals surface area (Å²) in [7, 11) is 0. The largest absolute Gasteiger partial charge is 0.317 e. The fraction of sp³-hybridized carbons (Fsp3) is 0.667. The highest BCUT2D eigenvalue weighted by atomic mass is 32.1. The van der Waals surface area contributed by atoms with E-state index in [2.05, 4.69) is 36.2 Å². The molecule has 0 radical (unpaired) electrons. The second-order valence-electron chi connectivity index (χ2n) is 6.52. The molecule has 19 heavy (non-hydrogen) atoms. The highest BCUT2D eigenvalue weighted by Gasteiger charge is 2.61. The van der Waals surface area contributed by atoms with Crippen LogP contribution in [0.15, 0.2) is 12.1 Å². The van der Waals surface area contributed by atoms with E-state index in [1.165, 1.54) is 22.6 Å². The standard InChI is InChI=1S/C15H20N2OS/c1-9-7-11(8-9)17-13(12-4-3-10(2)19-12)16-15(5-6-15)14(17)18/h3-4,9,11,13,16H,5-8H2,1-2H3. The SMILES string of the molecule is Cc1ccc(C2NC3(CC3)C(=O)N2C2CC(C)C2)s1. The summed E-state index contributed by atoms with van der Waals surface area (Å²) < 4.78 is 0. The lowest BCUT2D eigenvalue weighted by Gasteiger charge is -2.42. The highest BCUT2D eigenvalue weighted by molar-refractivity contribution is 7.12. The Morgan fingerprint density at radius 1 is 1.37 bits per heavy atom. The van der Waals surface area contributed by atoms with Crippen LogP contribution in [0.4, 0.5) is 0 Å². The topological polar surface area (TPSA) is 32.3 Å². The predicted molar refractivity (Wildman–Crippen MR) is 75.9 cm³/mol. The van der Waals surface area contributed by atoms with Gasteiger partial charge in [-0.3, -0.25) is 10.1 Å². The van der Waals surface area contributed by atoms with E-state index in [-0.39, 0.29) is 11.7 Å². The van der Waals surface area contributed by atoms with Crippen LogP contribution in [0.5, 0.6) is 0 Å². The summed E-state index contributed by atoms with van der Waals surface area (Å²) in [6, 6.07) is 4.80. The molecular formula is C15H20N2OS. The number of hydrogen-bond donors (Lipinski definition) is 1. The number of amides is 1. The Hall–Kier alpha value is -0.870. The van der Waals surface area contributed by atoms with E-state index >= 15 is 0 Å². The van der Waals surface area contributed by atoms with Crippen molar-refractivity contribution >= 4 is 17.2 Å². The first-order chi connectivity index (χ1) is 9.09. The molecule has 4 rings (SSSR count). The number of carbonyl (C=O) groups is 1. The minimum absolute atomic E-state index is 0.131. The molecule has 0 bridgehead atoms. The van der Waals surface area contributed by atoms with Crippen LogP contribution in [0.1, 0.15) is 48.5 Å². The lowest BCUT2D eigenvalue weighted by atomic mass is 9.80. The first-order valence-corrected chi connectivity index (χ1v) is 8.07. The van der Waals surface area contributed by atoms with E-state index in [4.69, 9.17) is 0 Å². The Morgan fingerprint density at radius 3 is 2.63 bits per heavy atom.